The Labute approximate surface area is 170 Å². The van der Waals surface area contributed by atoms with Gasteiger partial charge in [0.15, 0.2) is 0 Å². The summed E-state index contributed by atoms with van der Waals surface area (Å²) in [6.07, 6.45) is 4.69. The average Bonchev–Trinajstić information content (AvgIpc) is 3.24. The van der Waals surface area contributed by atoms with Gasteiger partial charge in [-0.1, -0.05) is 32.1 Å². The van der Waals surface area contributed by atoms with E-state index in [2.05, 4.69) is 46.4 Å². The zero-order valence-corrected chi connectivity index (χ0v) is 17.4. The third-order valence-electron chi connectivity index (χ3n) is 3.42. The number of nitrogens with one attached hydrogen (secondary N) is 1. The Kier molecular flexibility index (Phi) is 6.39. The van der Waals surface area contributed by atoms with Gasteiger partial charge in [-0.2, -0.15) is 10.2 Å². The average molecular weight is 452 g/mol. The molecule has 0 bridgehead atoms. The van der Waals surface area contributed by atoms with Crippen molar-refractivity contribution in [1.29, 1.82) is 0 Å². The molecule has 1 N–H and O–H groups in total. The Hall–Kier alpha value is -2.66. The lowest BCUT2D eigenvalue weighted by molar-refractivity contribution is -0.384. The summed E-state index contributed by atoms with van der Waals surface area (Å²) in [6.45, 7) is 6.23. The summed E-state index contributed by atoms with van der Waals surface area (Å²) in [5.74, 6) is 0. The van der Waals surface area contributed by atoms with Gasteiger partial charge in [0.05, 0.1) is 16.8 Å². The second-order valence-corrected chi connectivity index (χ2v) is 7.46. The molecule has 0 radical (unpaired) electrons. The molecule has 3 rings (SSSR count). The molecule has 2 aromatic heterocycles. The van der Waals surface area contributed by atoms with E-state index in [1.54, 1.807) is 29.4 Å². The van der Waals surface area contributed by atoms with Gasteiger partial charge in [-0.05, 0) is 17.7 Å². The molecule has 2 heterocycles. The van der Waals surface area contributed by atoms with E-state index in [1.807, 2.05) is 0 Å². The number of anilines is 1. The topological polar surface area (TPSA) is 111 Å². The van der Waals surface area contributed by atoms with E-state index in [0.717, 1.165) is 16.3 Å². The summed E-state index contributed by atoms with van der Waals surface area (Å²) in [7, 11) is 0. The van der Waals surface area contributed by atoms with E-state index in [4.69, 9.17) is 0 Å². The van der Waals surface area contributed by atoms with Crippen LogP contribution >= 0.6 is 28.3 Å². The molecule has 0 amide bonds. The van der Waals surface area contributed by atoms with E-state index in [1.165, 1.54) is 29.8 Å². The number of aromatic nitrogens is 4. The maximum absolute atomic E-state index is 10.7. The van der Waals surface area contributed by atoms with Crippen molar-refractivity contribution >= 4 is 45.4 Å². The number of benzene rings is 1. The molecule has 1 aromatic carbocycles. The Morgan fingerprint density at radius 3 is 2.56 bits per heavy atom. The number of hydrogen-bond donors (Lipinski definition) is 1. The number of nitrogens with zero attached hydrogens (tertiary/aromatic N) is 6. The molecule has 11 heteroatoms. The van der Waals surface area contributed by atoms with E-state index < -0.39 is 4.92 Å². The molecule has 3 aromatic rings. The molecule has 0 aliphatic rings. The first kappa shape index (κ1) is 20.6. The molecule has 0 saturated heterocycles. The first-order valence-electron chi connectivity index (χ1n) is 7.74. The minimum Gasteiger partial charge on any atom is -0.258 e. The maximum Gasteiger partial charge on any atom is 0.269 e. The van der Waals surface area contributed by atoms with Crippen LogP contribution in [0.3, 0.4) is 0 Å². The fraction of sp³-hybridized carbons (Fsp3) is 0.250. The standard InChI is InChI=1S/C16H17N7O2S.BrH/c1-16(2,3)13-14(22-10-17-9-19-22)26-15(20-13)21-18-8-11-4-6-12(7-5-11)23(24)25;/h4-10H,1-3H3,(H,20,21);1H/b18-8+;. The highest BCUT2D eigenvalue weighted by Gasteiger charge is 2.24. The lowest BCUT2D eigenvalue weighted by atomic mass is 9.92. The van der Waals surface area contributed by atoms with E-state index in [9.17, 15) is 10.1 Å². The predicted octanol–water partition coefficient (Wildman–Crippen LogP) is 3.95. The van der Waals surface area contributed by atoms with Gasteiger partial charge in [0.1, 0.15) is 17.7 Å². The van der Waals surface area contributed by atoms with Gasteiger partial charge in [0.2, 0.25) is 5.13 Å². The second kappa shape index (κ2) is 8.35. The van der Waals surface area contributed by atoms with Crippen molar-refractivity contribution < 1.29 is 4.92 Å². The molecular formula is C16H18BrN7O2S. The van der Waals surface area contributed by atoms with Crippen molar-refractivity contribution in [2.24, 2.45) is 5.10 Å². The lowest BCUT2D eigenvalue weighted by Gasteiger charge is -2.16. The van der Waals surface area contributed by atoms with Crippen molar-refractivity contribution in [1.82, 2.24) is 19.7 Å². The highest BCUT2D eigenvalue weighted by molar-refractivity contribution is 8.93. The molecule has 0 aliphatic heterocycles. The zero-order valence-electron chi connectivity index (χ0n) is 14.9. The van der Waals surface area contributed by atoms with Crippen LogP contribution in [0.1, 0.15) is 32.0 Å². The van der Waals surface area contributed by atoms with Crippen LogP contribution in [0.4, 0.5) is 10.8 Å². The van der Waals surface area contributed by atoms with Crippen LogP contribution in [0.25, 0.3) is 5.00 Å². The van der Waals surface area contributed by atoms with Gasteiger partial charge >= 0.3 is 0 Å². The number of halogens is 1. The molecule has 9 nitrogen and oxygen atoms in total. The summed E-state index contributed by atoms with van der Waals surface area (Å²) in [6, 6.07) is 6.13. The third kappa shape index (κ3) is 4.95. The minimum atomic E-state index is -0.436. The fourth-order valence-electron chi connectivity index (χ4n) is 2.16. The van der Waals surface area contributed by atoms with Gasteiger partial charge in [-0.3, -0.25) is 15.5 Å². The van der Waals surface area contributed by atoms with Gasteiger partial charge < -0.3 is 0 Å². The van der Waals surface area contributed by atoms with E-state index in [0.29, 0.717) is 5.13 Å². The second-order valence-electron chi connectivity index (χ2n) is 6.48. The van der Waals surface area contributed by atoms with Crippen LogP contribution in [0.15, 0.2) is 42.0 Å². The van der Waals surface area contributed by atoms with E-state index >= 15 is 0 Å². The SMILES string of the molecule is Br.CC(C)(C)c1nc(N/N=C/c2ccc([N+](=O)[O-])cc2)sc1-n1cncn1. The highest BCUT2D eigenvalue weighted by Crippen LogP contribution is 2.34. The lowest BCUT2D eigenvalue weighted by Crippen LogP contribution is -2.15. The first-order chi connectivity index (χ1) is 12.3. The molecule has 0 fully saturated rings. The molecular weight excluding hydrogens is 434 g/mol. The van der Waals surface area contributed by atoms with Gasteiger partial charge in [0.25, 0.3) is 5.69 Å². The normalized spacial score (nSPS) is 11.4. The summed E-state index contributed by atoms with van der Waals surface area (Å²) in [5, 5.41) is 20.5. The molecule has 27 heavy (non-hydrogen) atoms. The molecule has 0 unspecified atom stereocenters. The Balaban J connectivity index is 0.00000261. The van der Waals surface area contributed by atoms with Crippen LogP contribution in [0.5, 0.6) is 0 Å². The number of rotatable bonds is 5. The van der Waals surface area contributed by atoms with Crippen LogP contribution < -0.4 is 5.43 Å². The van der Waals surface area contributed by atoms with Gasteiger partial charge in [-0.25, -0.2) is 14.6 Å². The van der Waals surface area contributed by atoms with Crippen LogP contribution in [0.2, 0.25) is 0 Å². The van der Waals surface area contributed by atoms with Crippen LogP contribution in [-0.4, -0.2) is 30.9 Å². The first-order valence-corrected chi connectivity index (χ1v) is 8.56. The molecule has 0 atom stereocenters. The van der Waals surface area contributed by atoms with Crippen molar-refractivity contribution in [3.8, 4) is 5.00 Å². The molecule has 0 saturated carbocycles. The van der Waals surface area contributed by atoms with Crippen LogP contribution in [-0.2, 0) is 5.41 Å². The van der Waals surface area contributed by atoms with Crippen molar-refractivity contribution in [2.75, 3.05) is 5.43 Å². The fourth-order valence-corrected chi connectivity index (χ4v) is 3.22. The monoisotopic (exact) mass is 451 g/mol. The Bertz CT molecular complexity index is 931. The largest absolute Gasteiger partial charge is 0.269 e. The molecule has 142 valence electrons. The minimum absolute atomic E-state index is 0. The summed E-state index contributed by atoms with van der Waals surface area (Å²) >= 11 is 1.42. The predicted molar refractivity (Wildman–Crippen MR) is 110 cm³/mol. The third-order valence-corrected chi connectivity index (χ3v) is 4.37. The van der Waals surface area contributed by atoms with Gasteiger partial charge in [-0.15, -0.1) is 17.0 Å². The van der Waals surface area contributed by atoms with E-state index in [-0.39, 0.29) is 28.1 Å². The number of hydrogen-bond acceptors (Lipinski definition) is 8. The van der Waals surface area contributed by atoms with Crippen molar-refractivity contribution in [3.63, 3.8) is 0 Å². The number of hydrazone groups is 1. The molecule has 0 aliphatic carbocycles. The van der Waals surface area contributed by atoms with Gasteiger partial charge in [0, 0.05) is 17.5 Å². The summed E-state index contributed by atoms with van der Waals surface area (Å²) in [5.41, 5.74) is 4.42. The Morgan fingerprint density at radius 2 is 2.00 bits per heavy atom. The summed E-state index contributed by atoms with van der Waals surface area (Å²) in [4.78, 5) is 18.8. The van der Waals surface area contributed by atoms with Crippen molar-refractivity contribution in [2.45, 2.75) is 26.2 Å². The number of nitro groups is 1. The zero-order chi connectivity index (χ0) is 18.7. The Morgan fingerprint density at radius 1 is 1.30 bits per heavy atom. The summed E-state index contributed by atoms with van der Waals surface area (Å²) < 4.78 is 1.68. The smallest absolute Gasteiger partial charge is 0.258 e. The number of thiazole rings is 1. The van der Waals surface area contributed by atoms with Crippen LogP contribution in [0, 0.1) is 10.1 Å². The quantitative estimate of drug-likeness (QED) is 0.357. The number of non-ortho nitro benzene ring substituents is 1. The maximum atomic E-state index is 10.7. The molecule has 0 spiro atoms. The van der Waals surface area contributed by atoms with Crippen molar-refractivity contribution in [3.05, 3.63) is 58.3 Å². The number of nitro benzene ring substituents is 1. The highest BCUT2D eigenvalue weighted by atomic mass is 79.9.